The molecular formula is C12H15BrFNS. The van der Waals surface area contributed by atoms with Crippen LogP contribution in [-0.4, -0.2) is 18.1 Å². The molecule has 1 nitrogen and oxygen atoms in total. The largest absolute Gasteiger partial charge is 0.384 e. The first-order valence-corrected chi connectivity index (χ1v) is 7.39. The lowest BCUT2D eigenvalue weighted by atomic mass is 10.1. The number of halogens is 2. The van der Waals surface area contributed by atoms with Gasteiger partial charge in [0.15, 0.2) is 0 Å². The third kappa shape index (κ3) is 2.92. The molecule has 1 atom stereocenters. The number of rotatable bonds is 3. The summed E-state index contributed by atoms with van der Waals surface area (Å²) in [7, 11) is 0. The Kier molecular flexibility index (Phi) is 4.14. The smallest absolute Gasteiger partial charge is 0.139 e. The van der Waals surface area contributed by atoms with Gasteiger partial charge in [0, 0.05) is 12.2 Å². The summed E-state index contributed by atoms with van der Waals surface area (Å²) in [5.74, 6) is 3.02. The molecule has 0 spiro atoms. The van der Waals surface area contributed by atoms with Crippen molar-refractivity contribution in [1.82, 2.24) is 0 Å². The number of nitrogens with one attached hydrogen (secondary N) is 1. The van der Waals surface area contributed by atoms with Crippen molar-refractivity contribution < 1.29 is 4.39 Å². The second kappa shape index (κ2) is 5.41. The van der Waals surface area contributed by atoms with E-state index in [1.54, 1.807) is 6.07 Å². The van der Waals surface area contributed by atoms with Crippen molar-refractivity contribution in [2.45, 2.75) is 13.3 Å². The van der Waals surface area contributed by atoms with Crippen molar-refractivity contribution in [1.29, 1.82) is 0 Å². The molecular weight excluding hydrogens is 289 g/mol. The molecule has 1 aliphatic heterocycles. The fourth-order valence-corrected chi connectivity index (χ4v) is 3.58. The van der Waals surface area contributed by atoms with E-state index in [0.29, 0.717) is 4.47 Å². The first kappa shape index (κ1) is 12.2. The van der Waals surface area contributed by atoms with Crippen molar-refractivity contribution in [3.63, 3.8) is 0 Å². The monoisotopic (exact) mass is 303 g/mol. The van der Waals surface area contributed by atoms with E-state index in [2.05, 4.69) is 21.2 Å². The van der Waals surface area contributed by atoms with Crippen molar-refractivity contribution in [2.24, 2.45) is 5.92 Å². The number of thioether (sulfide) groups is 1. The molecule has 2 rings (SSSR count). The van der Waals surface area contributed by atoms with E-state index in [4.69, 9.17) is 0 Å². The van der Waals surface area contributed by atoms with E-state index in [-0.39, 0.29) is 5.82 Å². The molecule has 1 saturated heterocycles. The van der Waals surface area contributed by atoms with Crippen molar-refractivity contribution in [2.75, 3.05) is 23.4 Å². The van der Waals surface area contributed by atoms with E-state index in [9.17, 15) is 4.39 Å². The predicted molar refractivity (Wildman–Crippen MR) is 72.8 cm³/mol. The molecule has 1 fully saturated rings. The van der Waals surface area contributed by atoms with Crippen LogP contribution >= 0.6 is 27.7 Å². The Balaban J connectivity index is 2.00. The Morgan fingerprint density at radius 3 is 3.06 bits per heavy atom. The van der Waals surface area contributed by atoms with Gasteiger partial charge in [-0.05, 0) is 64.4 Å². The summed E-state index contributed by atoms with van der Waals surface area (Å²) in [6.45, 7) is 2.95. The lowest BCUT2D eigenvalue weighted by molar-refractivity contribution is 0.617. The molecule has 0 aliphatic carbocycles. The third-order valence-corrected chi connectivity index (χ3v) is 4.71. The molecule has 0 aromatic heterocycles. The normalized spacial score (nSPS) is 20.1. The second-order valence-electron chi connectivity index (χ2n) is 4.19. The highest BCUT2D eigenvalue weighted by Gasteiger charge is 2.15. The van der Waals surface area contributed by atoms with Crippen LogP contribution < -0.4 is 5.32 Å². The summed E-state index contributed by atoms with van der Waals surface area (Å²) in [5.41, 5.74) is 2.00. The molecule has 1 unspecified atom stereocenters. The maximum atomic E-state index is 13.4. The fourth-order valence-electron chi connectivity index (χ4n) is 1.84. The van der Waals surface area contributed by atoms with Gasteiger partial charge in [-0.15, -0.1) is 0 Å². The number of benzene rings is 1. The number of hydrogen-bond donors (Lipinski definition) is 1. The van der Waals surface area contributed by atoms with Crippen LogP contribution in [0, 0.1) is 18.7 Å². The summed E-state index contributed by atoms with van der Waals surface area (Å²) < 4.78 is 13.9. The molecule has 0 saturated carbocycles. The molecule has 1 N–H and O–H groups in total. The molecule has 88 valence electrons. The van der Waals surface area contributed by atoms with Gasteiger partial charge in [-0.1, -0.05) is 0 Å². The predicted octanol–water partition coefficient (Wildman–Crippen LogP) is 4.06. The molecule has 1 heterocycles. The topological polar surface area (TPSA) is 12.0 Å². The quantitative estimate of drug-likeness (QED) is 0.903. The Bertz CT molecular complexity index is 378. The van der Waals surface area contributed by atoms with E-state index >= 15 is 0 Å². The summed E-state index contributed by atoms with van der Waals surface area (Å²) in [4.78, 5) is 0. The van der Waals surface area contributed by atoms with Gasteiger partial charge in [0.25, 0.3) is 0 Å². The maximum Gasteiger partial charge on any atom is 0.139 e. The zero-order valence-corrected chi connectivity index (χ0v) is 11.6. The Morgan fingerprint density at radius 1 is 1.56 bits per heavy atom. The van der Waals surface area contributed by atoms with Gasteiger partial charge in [-0.25, -0.2) is 4.39 Å². The summed E-state index contributed by atoms with van der Waals surface area (Å²) >= 11 is 5.20. The SMILES string of the molecule is Cc1cc(Br)c(F)cc1NCC1CCSC1. The zero-order chi connectivity index (χ0) is 11.5. The van der Waals surface area contributed by atoms with Crippen LogP contribution in [0.5, 0.6) is 0 Å². The van der Waals surface area contributed by atoms with E-state index in [1.807, 2.05) is 24.8 Å². The van der Waals surface area contributed by atoms with E-state index in [0.717, 1.165) is 23.7 Å². The Hall–Kier alpha value is -0.220. The van der Waals surface area contributed by atoms with E-state index < -0.39 is 0 Å². The molecule has 1 aromatic carbocycles. The van der Waals surface area contributed by atoms with Gasteiger partial charge in [0.05, 0.1) is 4.47 Å². The van der Waals surface area contributed by atoms with Crippen LogP contribution in [0.2, 0.25) is 0 Å². The molecule has 0 bridgehead atoms. The van der Waals surface area contributed by atoms with E-state index in [1.165, 1.54) is 17.9 Å². The highest BCUT2D eigenvalue weighted by Crippen LogP contribution is 2.26. The van der Waals surface area contributed by atoms with Crippen LogP contribution in [0.15, 0.2) is 16.6 Å². The lowest BCUT2D eigenvalue weighted by Gasteiger charge is -2.14. The molecule has 0 amide bonds. The molecule has 16 heavy (non-hydrogen) atoms. The van der Waals surface area contributed by atoms with Crippen LogP contribution in [0.3, 0.4) is 0 Å². The van der Waals surface area contributed by atoms with Gasteiger partial charge in [0.2, 0.25) is 0 Å². The standard InChI is InChI=1S/C12H15BrFNS/c1-8-4-10(13)11(14)5-12(8)15-6-9-2-3-16-7-9/h4-5,9,15H,2-3,6-7H2,1H3. The van der Waals surface area contributed by atoms with Crippen molar-refractivity contribution >= 4 is 33.4 Å². The van der Waals surface area contributed by atoms with Gasteiger partial charge in [-0.2, -0.15) is 11.8 Å². The van der Waals surface area contributed by atoms with Gasteiger partial charge < -0.3 is 5.32 Å². The fraction of sp³-hybridized carbons (Fsp3) is 0.500. The number of hydrogen-bond acceptors (Lipinski definition) is 2. The highest BCUT2D eigenvalue weighted by molar-refractivity contribution is 9.10. The van der Waals surface area contributed by atoms with Gasteiger partial charge >= 0.3 is 0 Å². The zero-order valence-electron chi connectivity index (χ0n) is 9.22. The van der Waals surface area contributed by atoms with Crippen molar-refractivity contribution in [3.05, 3.63) is 28.0 Å². The Morgan fingerprint density at radius 2 is 2.38 bits per heavy atom. The summed E-state index contributed by atoms with van der Waals surface area (Å²) in [6, 6.07) is 3.39. The number of aryl methyl sites for hydroxylation is 1. The average Bonchev–Trinajstić information content (AvgIpc) is 2.74. The number of anilines is 1. The molecule has 4 heteroatoms. The van der Waals surface area contributed by atoms with Crippen LogP contribution in [-0.2, 0) is 0 Å². The van der Waals surface area contributed by atoms with Gasteiger partial charge in [-0.3, -0.25) is 0 Å². The first-order chi connectivity index (χ1) is 7.66. The highest BCUT2D eigenvalue weighted by atomic mass is 79.9. The molecule has 1 aliphatic rings. The second-order valence-corrected chi connectivity index (χ2v) is 6.20. The first-order valence-electron chi connectivity index (χ1n) is 5.44. The lowest BCUT2D eigenvalue weighted by Crippen LogP contribution is -2.14. The van der Waals surface area contributed by atoms with Crippen molar-refractivity contribution in [3.8, 4) is 0 Å². The minimum absolute atomic E-state index is 0.200. The minimum atomic E-state index is -0.200. The average molecular weight is 304 g/mol. The van der Waals surface area contributed by atoms with Gasteiger partial charge in [0.1, 0.15) is 5.82 Å². The maximum absolute atomic E-state index is 13.4. The summed E-state index contributed by atoms with van der Waals surface area (Å²) in [6.07, 6.45) is 1.27. The van der Waals surface area contributed by atoms with Crippen LogP contribution in [0.4, 0.5) is 10.1 Å². The van der Waals surface area contributed by atoms with Crippen LogP contribution in [0.25, 0.3) is 0 Å². The molecule has 1 aromatic rings. The minimum Gasteiger partial charge on any atom is -0.384 e. The summed E-state index contributed by atoms with van der Waals surface area (Å²) in [5, 5.41) is 3.35. The van der Waals surface area contributed by atoms with Crippen LogP contribution in [0.1, 0.15) is 12.0 Å². The third-order valence-electron chi connectivity index (χ3n) is 2.87. The molecule has 0 radical (unpaired) electrons. The Labute approximate surface area is 108 Å².